The predicted octanol–water partition coefficient (Wildman–Crippen LogP) is 2.55. The van der Waals surface area contributed by atoms with Crippen LogP contribution in [0.5, 0.6) is 0 Å². The van der Waals surface area contributed by atoms with Crippen LogP contribution in [0.2, 0.25) is 0 Å². The Morgan fingerprint density at radius 2 is 1.55 bits per heavy atom. The number of sulfonamides is 1. The zero-order chi connectivity index (χ0) is 21.3. The highest BCUT2D eigenvalue weighted by molar-refractivity contribution is 7.89. The molecule has 9 heteroatoms. The SMILES string of the molecule is C=CCNC(=O)Nc1ccc(NC(=O)/C=C/c2ccc(S(=O)(=O)NC)cc2)cc1. The number of anilines is 2. The molecule has 0 bridgehead atoms. The highest BCUT2D eigenvalue weighted by atomic mass is 32.2. The molecule has 2 aromatic rings. The number of carbonyl (C=O) groups is 2. The van der Waals surface area contributed by atoms with E-state index < -0.39 is 10.0 Å². The minimum atomic E-state index is -3.49. The minimum Gasteiger partial charge on any atom is -0.334 e. The summed E-state index contributed by atoms with van der Waals surface area (Å²) >= 11 is 0. The number of hydrogen-bond acceptors (Lipinski definition) is 4. The minimum absolute atomic E-state index is 0.147. The van der Waals surface area contributed by atoms with Gasteiger partial charge in [0.2, 0.25) is 15.9 Å². The van der Waals surface area contributed by atoms with Gasteiger partial charge in [0.1, 0.15) is 0 Å². The third kappa shape index (κ3) is 6.91. The van der Waals surface area contributed by atoms with E-state index in [-0.39, 0.29) is 16.8 Å². The molecule has 0 saturated carbocycles. The first-order chi connectivity index (χ1) is 13.8. The van der Waals surface area contributed by atoms with Gasteiger partial charge in [0, 0.05) is 24.0 Å². The van der Waals surface area contributed by atoms with Gasteiger partial charge in [-0.25, -0.2) is 17.9 Å². The summed E-state index contributed by atoms with van der Waals surface area (Å²) in [5, 5.41) is 7.94. The summed E-state index contributed by atoms with van der Waals surface area (Å²) in [6.07, 6.45) is 4.49. The highest BCUT2D eigenvalue weighted by Gasteiger charge is 2.09. The summed E-state index contributed by atoms with van der Waals surface area (Å²) in [6.45, 7) is 3.88. The van der Waals surface area contributed by atoms with E-state index in [2.05, 4.69) is 27.3 Å². The van der Waals surface area contributed by atoms with E-state index in [1.165, 1.54) is 25.3 Å². The smallest absolute Gasteiger partial charge is 0.319 e. The van der Waals surface area contributed by atoms with Crippen molar-refractivity contribution < 1.29 is 18.0 Å². The van der Waals surface area contributed by atoms with Crippen LogP contribution in [0.15, 0.2) is 72.2 Å². The molecular formula is C20H22N4O4S. The van der Waals surface area contributed by atoms with Crippen LogP contribution in [0.1, 0.15) is 5.56 Å². The topological polar surface area (TPSA) is 116 Å². The van der Waals surface area contributed by atoms with Crippen molar-refractivity contribution in [3.8, 4) is 0 Å². The van der Waals surface area contributed by atoms with Crippen LogP contribution in [-0.2, 0) is 14.8 Å². The molecule has 2 aromatic carbocycles. The van der Waals surface area contributed by atoms with Crippen molar-refractivity contribution in [3.63, 3.8) is 0 Å². The molecule has 0 atom stereocenters. The summed E-state index contributed by atoms with van der Waals surface area (Å²) in [6, 6.07) is 12.4. The van der Waals surface area contributed by atoms with Gasteiger partial charge in [-0.2, -0.15) is 0 Å². The molecule has 0 aliphatic heterocycles. The van der Waals surface area contributed by atoms with E-state index in [9.17, 15) is 18.0 Å². The van der Waals surface area contributed by atoms with Gasteiger partial charge in [0.05, 0.1) is 4.90 Å². The Labute approximate surface area is 169 Å². The lowest BCUT2D eigenvalue weighted by Crippen LogP contribution is -2.28. The van der Waals surface area contributed by atoms with E-state index in [4.69, 9.17) is 0 Å². The molecule has 8 nitrogen and oxygen atoms in total. The molecule has 0 aliphatic rings. The Balaban J connectivity index is 1.91. The molecule has 0 aromatic heterocycles. The fourth-order valence-electron chi connectivity index (χ4n) is 2.21. The van der Waals surface area contributed by atoms with Gasteiger partial charge in [0.25, 0.3) is 0 Å². The fourth-order valence-corrected chi connectivity index (χ4v) is 2.94. The van der Waals surface area contributed by atoms with Crippen molar-refractivity contribution in [2.24, 2.45) is 0 Å². The maximum absolute atomic E-state index is 12.0. The van der Waals surface area contributed by atoms with Crippen molar-refractivity contribution in [1.29, 1.82) is 0 Å². The summed E-state index contributed by atoms with van der Waals surface area (Å²) in [5.74, 6) is -0.346. The second kappa shape index (κ2) is 10.2. The van der Waals surface area contributed by atoms with Crippen LogP contribution in [0.25, 0.3) is 6.08 Å². The zero-order valence-electron chi connectivity index (χ0n) is 15.8. The van der Waals surface area contributed by atoms with Gasteiger partial charge in [-0.05, 0) is 55.1 Å². The molecule has 29 heavy (non-hydrogen) atoms. The molecule has 0 spiro atoms. The molecule has 4 N–H and O–H groups in total. The summed E-state index contributed by atoms with van der Waals surface area (Å²) < 4.78 is 25.6. The van der Waals surface area contributed by atoms with Gasteiger partial charge in [0.15, 0.2) is 0 Å². The Morgan fingerprint density at radius 1 is 0.966 bits per heavy atom. The monoisotopic (exact) mass is 414 g/mol. The first-order valence-electron chi connectivity index (χ1n) is 8.62. The number of rotatable bonds is 8. The van der Waals surface area contributed by atoms with E-state index in [0.717, 1.165) is 0 Å². The second-order valence-electron chi connectivity index (χ2n) is 5.80. The molecule has 0 unspecified atom stereocenters. The Hall–Kier alpha value is -3.43. The van der Waals surface area contributed by atoms with Crippen LogP contribution in [-0.4, -0.2) is 33.9 Å². The van der Waals surface area contributed by atoms with Crippen LogP contribution < -0.4 is 20.7 Å². The van der Waals surface area contributed by atoms with E-state index >= 15 is 0 Å². The van der Waals surface area contributed by atoms with Gasteiger partial charge >= 0.3 is 6.03 Å². The largest absolute Gasteiger partial charge is 0.334 e. The van der Waals surface area contributed by atoms with E-state index in [1.807, 2.05) is 0 Å². The van der Waals surface area contributed by atoms with Crippen molar-refractivity contribution >= 4 is 39.4 Å². The predicted molar refractivity (Wildman–Crippen MR) is 114 cm³/mol. The van der Waals surface area contributed by atoms with Crippen molar-refractivity contribution in [2.75, 3.05) is 24.2 Å². The molecular weight excluding hydrogens is 392 g/mol. The maximum Gasteiger partial charge on any atom is 0.319 e. The third-order valence-corrected chi connectivity index (χ3v) is 5.13. The van der Waals surface area contributed by atoms with Gasteiger partial charge in [-0.3, -0.25) is 4.79 Å². The lowest BCUT2D eigenvalue weighted by molar-refractivity contribution is -0.111. The van der Waals surface area contributed by atoms with Gasteiger partial charge in [-0.1, -0.05) is 18.2 Å². The maximum atomic E-state index is 12.0. The number of nitrogens with one attached hydrogen (secondary N) is 4. The molecule has 3 amide bonds. The Bertz CT molecular complexity index is 998. The molecule has 0 radical (unpaired) electrons. The lowest BCUT2D eigenvalue weighted by Gasteiger charge is -2.07. The van der Waals surface area contributed by atoms with Crippen molar-refractivity contribution in [3.05, 3.63) is 72.8 Å². The number of carbonyl (C=O) groups excluding carboxylic acids is 2. The zero-order valence-corrected chi connectivity index (χ0v) is 16.6. The summed E-state index contributed by atoms with van der Waals surface area (Å²) in [5.41, 5.74) is 1.82. The summed E-state index contributed by atoms with van der Waals surface area (Å²) in [4.78, 5) is 23.8. The normalized spacial score (nSPS) is 11.1. The molecule has 0 saturated heterocycles. The standard InChI is InChI=1S/C20H22N4O4S/c1-3-14-22-20(26)24-17-9-7-16(8-10-17)23-19(25)13-6-15-4-11-18(12-5-15)29(27,28)21-2/h3-13,21H,1,14H2,2H3,(H,23,25)(H2,22,24,26)/b13-6+. The summed E-state index contributed by atoms with van der Waals surface area (Å²) in [7, 11) is -2.15. The number of urea groups is 1. The highest BCUT2D eigenvalue weighted by Crippen LogP contribution is 2.14. The first-order valence-corrected chi connectivity index (χ1v) is 10.1. The van der Waals surface area contributed by atoms with E-state index in [1.54, 1.807) is 48.6 Å². The Kier molecular flexibility index (Phi) is 7.70. The number of benzene rings is 2. The Morgan fingerprint density at radius 3 is 2.10 bits per heavy atom. The number of hydrogen-bond donors (Lipinski definition) is 4. The van der Waals surface area contributed by atoms with Crippen LogP contribution in [0.4, 0.5) is 16.2 Å². The molecule has 2 rings (SSSR count). The first kappa shape index (κ1) is 21.9. The van der Waals surface area contributed by atoms with Crippen LogP contribution in [0.3, 0.4) is 0 Å². The third-order valence-electron chi connectivity index (χ3n) is 3.70. The van der Waals surface area contributed by atoms with Gasteiger partial charge in [-0.15, -0.1) is 6.58 Å². The van der Waals surface area contributed by atoms with E-state index in [0.29, 0.717) is 23.5 Å². The molecule has 0 fully saturated rings. The quantitative estimate of drug-likeness (QED) is 0.392. The molecule has 152 valence electrons. The van der Waals surface area contributed by atoms with Crippen molar-refractivity contribution in [2.45, 2.75) is 4.90 Å². The van der Waals surface area contributed by atoms with Crippen molar-refractivity contribution in [1.82, 2.24) is 10.0 Å². The fraction of sp³-hybridized carbons (Fsp3) is 0.100. The number of amides is 3. The average molecular weight is 414 g/mol. The average Bonchev–Trinajstić information content (AvgIpc) is 2.72. The molecule has 0 heterocycles. The molecule has 0 aliphatic carbocycles. The lowest BCUT2D eigenvalue weighted by atomic mass is 10.2. The second-order valence-corrected chi connectivity index (χ2v) is 7.69. The van der Waals surface area contributed by atoms with Crippen LogP contribution >= 0.6 is 0 Å². The van der Waals surface area contributed by atoms with Crippen LogP contribution in [0, 0.1) is 0 Å². The van der Waals surface area contributed by atoms with Gasteiger partial charge < -0.3 is 16.0 Å².